The molecular weight excluding hydrogens is 274 g/mol. The van der Waals surface area contributed by atoms with Crippen LogP contribution in [0.3, 0.4) is 0 Å². The lowest BCUT2D eigenvalue weighted by atomic mass is 10.3. The van der Waals surface area contributed by atoms with Gasteiger partial charge in [0.2, 0.25) is 5.82 Å². The number of hydrogen-bond acceptors (Lipinski definition) is 5. The number of carboxylic acid groups (broad SMARTS) is 1. The van der Waals surface area contributed by atoms with Gasteiger partial charge >= 0.3 is 5.97 Å². The molecule has 110 valence electrons. The fourth-order valence-electron chi connectivity index (χ4n) is 2.18. The average Bonchev–Trinajstić information content (AvgIpc) is 3.16. The minimum Gasteiger partial charge on any atom is -0.481 e. The van der Waals surface area contributed by atoms with Gasteiger partial charge in [0.05, 0.1) is 6.42 Å². The molecule has 1 aliphatic carbocycles. The lowest BCUT2D eigenvalue weighted by molar-refractivity contribution is -0.137. The number of rotatable bonds is 5. The maximum Gasteiger partial charge on any atom is 0.305 e. The number of hydrogen-bond donors (Lipinski definition) is 1. The number of aryl methyl sites for hydroxylation is 1. The number of nitrogens with zero attached hydrogens (tertiary/aromatic N) is 5. The zero-order valence-electron chi connectivity index (χ0n) is 11.6. The van der Waals surface area contributed by atoms with Crippen LogP contribution in [0.5, 0.6) is 0 Å². The van der Waals surface area contributed by atoms with Crippen LogP contribution in [0.25, 0.3) is 5.78 Å². The number of carbonyl (C=O) groups is 2. The first-order valence-corrected chi connectivity index (χ1v) is 6.77. The van der Waals surface area contributed by atoms with Gasteiger partial charge < -0.3 is 10.0 Å². The molecule has 0 unspecified atom stereocenters. The second-order valence-corrected chi connectivity index (χ2v) is 5.11. The normalized spacial score (nSPS) is 14.3. The van der Waals surface area contributed by atoms with Crippen LogP contribution >= 0.6 is 0 Å². The van der Waals surface area contributed by atoms with Gasteiger partial charge in [0.25, 0.3) is 11.7 Å². The summed E-state index contributed by atoms with van der Waals surface area (Å²) in [7, 11) is 0. The third-order valence-electron chi connectivity index (χ3n) is 3.44. The topological polar surface area (TPSA) is 101 Å². The lowest BCUT2D eigenvalue weighted by Gasteiger charge is -2.19. The van der Waals surface area contributed by atoms with Gasteiger partial charge in [0.15, 0.2) is 0 Å². The predicted octanol–water partition coefficient (Wildman–Crippen LogP) is 0.512. The highest BCUT2D eigenvalue weighted by Crippen LogP contribution is 2.28. The molecule has 1 fully saturated rings. The van der Waals surface area contributed by atoms with Crippen molar-refractivity contribution in [1.29, 1.82) is 0 Å². The van der Waals surface area contributed by atoms with Crippen LogP contribution in [-0.2, 0) is 4.79 Å². The third kappa shape index (κ3) is 2.69. The van der Waals surface area contributed by atoms with E-state index in [1.807, 2.05) is 6.92 Å². The van der Waals surface area contributed by atoms with E-state index in [1.165, 1.54) is 4.52 Å². The summed E-state index contributed by atoms with van der Waals surface area (Å²) in [6, 6.07) is 1.89. The van der Waals surface area contributed by atoms with Crippen molar-refractivity contribution in [2.75, 3.05) is 6.54 Å². The van der Waals surface area contributed by atoms with E-state index in [1.54, 1.807) is 17.2 Å². The molecular formula is C13H15N5O3. The summed E-state index contributed by atoms with van der Waals surface area (Å²) in [6.07, 6.45) is 3.33. The van der Waals surface area contributed by atoms with Crippen LogP contribution in [0.15, 0.2) is 12.3 Å². The molecule has 0 bridgehead atoms. The van der Waals surface area contributed by atoms with Crippen LogP contribution in [0.1, 0.15) is 35.6 Å². The second kappa shape index (κ2) is 5.12. The minimum atomic E-state index is -0.922. The molecule has 0 radical (unpaired) electrons. The van der Waals surface area contributed by atoms with Gasteiger partial charge in [-0.3, -0.25) is 9.59 Å². The zero-order valence-corrected chi connectivity index (χ0v) is 11.6. The van der Waals surface area contributed by atoms with E-state index in [9.17, 15) is 9.59 Å². The van der Waals surface area contributed by atoms with Crippen LogP contribution in [0.2, 0.25) is 0 Å². The van der Waals surface area contributed by atoms with Crippen molar-refractivity contribution in [3.63, 3.8) is 0 Å². The number of fused-ring (bicyclic) bond motifs is 1. The number of amides is 1. The summed E-state index contributed by atoms with van der Waals surface area (Å²) in [4.78, 5) is 32.9. The molecule has 0 aliphatic heterocycles. The highest BCUT2D eigenvalue weighted by molar-refractivity contribution is 5.91. The standard InChI is InChI=1S/C13H15N5O3/c1-8-4-6-14-13-15-11(16-18(8)13)12(21)17(9-2-3-9)7-5-10(19)20/h4,6,9H,2-3,5,7H2,1H3,(H,19,20). The van der Waals surface area contributed by atoms with Gasteiger partial charge in [-0.2, -0.15) is 4.98 Å². The zero-order chi connectivity index (χ0) is 15.0. The molecule has 1 aliphatic rings. The maximum atomic E-state index is 12.5. The van der Waals surface area contributed by atoms with E-state index < -0.39 is 5.97 Å². The van der Waals surface area contributed by atoms with E-state index >= 15 is 0 Å². The first-order chi connectivity index (χ1) is 10.1. The van der Waals surface area contributed by atoms with Gasteiger partial charge in [-0.05, 0) is 25.8 Å². The molecule has 0 aromatic carbocycles. The van der Waals surface area contributed by atoms with E-state index in [4.69, 9.17) is 5.11 Å². The van der Waals surface area contributed by atoms with Gasteiger partial charge in [-0.25, -0.2) is 9.50 Å². The van der Waals surface area contributed by atoms with Gasteiger partial charge in [-0.15, -0.1) is 5.10 Å². The lowest BCUT2D eigenvalue weighted by Crippen LogP contribution is -2.35. The monoisotopic (exact) mass is 289 g/mol. The van der Waals surface area contributed by atoms with E-state index in [0.29, 0.717) is 5.78 Å². The summed E-state index contributed by atoms with van der Waals surface area (Å²) >= 11 is 0. The molecule has 2 heterocycles. The highest BCUT2D eigenvalue weighted by atomic mass is 16.4. The summed E-state index contributed by atoms with van der Waals surface area (Å²) in [5.74, 6) is -0.820. The van der Waals surface area contributed by atoms with Crippen molar-refractivity contribution in [3.8, 4) is 0 Å². The predicted molar refractivity (Wildman–Crippen MR) is 71.8 cm³/mol. The Morgan fingerprint density at radius 1 is 1.48 bits per heavy atom. The number of carboxylic acids is 1. The molecule has 1 saturated carbocycles. The molecule has 2 aromatic heterocycles. The SMILES string of the molecule is Cc1ccnc2nc(C(=O)N(CCC(=O)O)C3CC3)nn12. The molecule has 1 N–H and O–H groups in total. The van der Waals surface area contributed by atoms with Crippen LogP contribution in [0, 0.1) is 6.92 Å². The molecule has 0 atom stereocenters. The Morgan fingerprint density at radius 3 is 2.86 bits per heavy atom. The molecule has 8 heteroatoms. The van der Waals surface area contributed by atoms with Crippen LogP contribution in [0.4, 0.5) is 0 Å². The van der Waals surface area contributed by atoms with Crippen molar-refractivity contribution in [1.82, 2.24) is 24.5 Å². The summed E-state index contributed by atoms with van der Waals surface area (Å²) in [5.41, 5.74) is 0.829. The number of carbonyl (C=O) groups excluding carboxylic acids is 1. The Morgan fingerprint density at radius 2 is 2.24 bits per heavy atom. The molecule has 3 rings (SSSR count). The summed E-state index contributed by atoms with van der Waals surface area (Å²) in [5, 5.41) is 13.0. The largest absolute Gasteiger partial charge is 0.481 e. The fourth-order valence-corrected chi connectivity index (χ4v) is 2.18. The summed E-state index contributed by atoms with van der Waals surface area (Å²) in [6.45, 7) is 2.03. The number of aliphatic carboxylic acids is 1. The van der Waals surface area contributed by atoms with Crippen molar-refractivity contribution < 1.29 is 14.7 Å². The van der Waals surface area contributed by atoms with Crippen molar-refractivity contribution in [2.45, 2.75) is 32.2 Å². The Hall–Kier alpha value is -2.51. The van der Waals surface area contributed by atoms with Crippen molar-refractivity contribution in [2.24, 2.45) is 0 Å². The van der Waals surface area contributed by atoms with Gasteiger partial charge in [0.1, 0.15) is 0 Å². The van der Waals surface area contributed by atoms with Crippen LogP contribution in [-0.4, -0.2) is 54.1 Å². The van der Waals surface area contributed by atoms with Crippen LogP contribution < -0.4 is 0 Å². The molecule has 8 nitrogen and oxygen atoms in total. The smallest absolute Gasteiger partial charge is 0.305 e. The summed E-state index contributed by atoms with van der Waals surface area (Å²) < 4.78 is 1.51. The molecule has 21 heavy (non-hydrogen) atoms. The Balaban J connectivity index is 1.87. The molecule has 2 aromatic rings. The number of aromatic nitrogens is 4. The van der Waals surface area contributed by atoms with E-state index in [0.717, 1.165) is 18.5 Å². The minimum absolute atomic E-state index is 0.0640. The Labute approximate surface area is 120 Å². The fraction of sp³-hybridized carbons (Fsp3) is 0.462. The highest BCUT2D eigenvalue weighted by Gasteiger charge is 2.34. The third-order valence-corrected chi connectivity index (χ3v) is 3.44. The van der Waals surface area contributed by atoms with E-state index in [-0.39, 0.29) is 30.7 Å². The van der Waals surface area contributed by atoms with Crippen molar-refractivity contribution >= 4 is 17.7 Å². The maximum absolute atomic E-state index is 12.5. The van der Waals surface area contributed by atoms with E-state index in [2.05, 4.69) is 15.1 Å². The average molecular weight is 289 g/mol. The van der Waals surface area contributed by atoms with Gasteiger partial charge in [-0.1, -0.05) is 0 Å². The first kappa shape index (κ1) is 13.5. The molecule has 0 saturated heterocycles. The Bertz CT molecular complexity index is 707. The Kier molecular flexibility index (Phi) is 3.28. The first-order valence-electron chi connectivity index (χ1n) is 6.77. The quantitative estimate of drug-likeness (QED) is 0.860. The molecule has 1 amide bonds. The van der Waals surface area contributed by atoms with Crippen molar-refractivity contribution in [3.05, 3.63) is 23.8 Å². The second-order valence-electron chi connectivity index (χ2n) is 5.11. The van der Waals surface area contributed by atoms with Gasteiger partial charge in [0, 0.05) is 24.5 Å². The molecule has 0 spiro atoms.